The van der Waals surface area contributed by atoms with Crippen LogP contribution >= 0.6 is 22.9 Å². The number of aliphatic hydroxyl groups is 1. The predicted molar refractivity (Wildman–Crippen MR) is 52.5 cm³/mol. The Morgan fingerprint density at radius 1 is 1.83 bits per heavy atom. The minimum atomic E-state index is 0.0910. The van der Waals surface area contributed by atoms with Crippen molar-refractivity contribution in [2.45, 2.75) is 13.3 Å². The molecule has 2 nitrogen and oxygen atoms in total. The van der Waals surface area contributed by atoms with Crippen LogP contribution in [0.5, 0.6) is 0 Å². The summed E-state index contributed by atoms with van der Waals surface area (Å²) in [4.78, 5) is 4.05. The highest BCUT2D eigenvalue weighted by Crippen LogP contribution is 2.20. The molecule has 0 aromatic carbocycles. The Morgan fingerprint density at radius 3 is 3.00 bits per heavy atom. The third-order valence-electron chi connectivity index (χ3n) is 1.48. The van der Waals surface area contributed by atoms with Crippen LogP contribution in [0, 0.1) is 0 Å². The van der Waals surface area contributed by atoms with E-state index in [-0.39, 0.29) is 6.61 Å². The Hall–Kier alpha value is -0.380. The van der Waals surface area contributed by atoms with Crippen molar-refractivity contribution in [3.63, 3.8) is 0 Å². The zero-order valence-corrected chi connectivity index (χ0v) is 8.32. The van der Waals surface area contributed by atoms with E-state index >= 15 is 0 Å². The van der Waals surface area contributed by atoms with Crippen LogP contribution in [0.4, 0.5) is 0 Å². The first kappa shape index (κ1) is 9.71. The van der Waals surface area contributed by atoms with Crippen LogP contribution in [0.2, 0.25) is 4.34 Å². The quantitative estimate of drug-likeness (QED) is 0.819. The van der Waals surface area contributed by atoms with E-state index in [1.54, 1.807) is 6.20 Å². The summed E-state index contributed by atoms with van der Waals surface area (Å²) in [5, 5.41) is 9.72. The summed E-state index contributed by atoms with van der Waals surface area (Å²) in [6.07, 6.45) is 4.33. The van der Waals surface area contributed by atoms with E-state index in [0.29, 0.717) is 4.34 Å². The third-order valence-corrected chi connectivity index (χ3v) is 2.54. The van der Waals surface area contributed by atoms with Crippen LogP contribution in [0.15, 0.2) is 11.8 Å². The van der Waals surface area contributed by atoms with Crippen molar-refractivity contribution in [1.29, 1.82) is 0 Å². The molecule has 1 aromatic heterocycles. The van der Waals surface area contributed by atoms with Gasteiger partial charge >= 0.3 is 0 Å². The summed E-state index contributed by atoms with van der Waals surface area (Å²) in [5.41, 5.74) is 0.973. The summed E-state index contributed by atoms with van der Waals surface area (Å²) >= 11 is 7.11. The minimum Gasteiger partial charge on any atom is -0.392 e. The number of hydrogen-bond donors (Lipinski definition) is 1. The molecule has 0 aliphatic heterocycles. The lowest BCUT2D eigenvalue weighted by molar-refractivity contribution is 0.329. The van der Waals surface area contributed by atoms with Gasteiger partial charge in [0, 0.05) is 0 Å². The Kier molecular flexibility index (Phi) is 3.72. The molecule has 4 heteroatoms. The molecule has 1 aromatic rings. The highest BCUT2D eigenvalue weighted by molar-refractivity contribution is 7.16. The summed E-state index contributed by atoms with van der Waals surface area (Å²) in [6.45, 7) is 2.09. The number of aromatic nitrogens is 1. The maximum atomic E-state index is 8.87. The van der Waals surface area contributed by atoms with Crippen LogP contribution in [0.3, 0.4) is 0 Å². The lowest BCUT2D eigenvalue weighted by Gasteiger charge is -1.95. The number of rotatable bonds is 3. The maximum absolute atomic E-state index is 8.87. The fraction of sp³-hybridized carbons (Fsp3) is 0.375. The maximum Gasteiger partial charge on any atom is 0.117 e. The second kappa shape index (κ2) is 4.60. The Labute approximate surface area is 80.5 Å². The van der Waals surface area contributed by atoms with Gasteiger partial charge in [0.05, 0.1) is 12.8 Å². The van der Waals surface area contributed by atoms with E-state index in [9.17, 15) is 0 Å². The molecule has 0 saturated carbocycles. The highest BCUT2D eigenvalue weighted by atomic mass is 35.5. The highest BCUT2D eigenvalue weighted by Gasteiger charge is 1.97. The summed E-state index contributed by atoms with van der Waals surface area (Å²) in [6, 6.07) is 0. The molecule has 1 N–H and O–H groups in total. The number of nitrogens with zero attached hydrogens (tertiary/aromatic N) is 1. The Balaban J connectivity index is 2.78. The molecule has 0 bridgehead atoms. The Bertz CT molecular complexity index is 276. The first-order valence-electron chi connectivity index (χ1n) is 3.68. The van der Waals surface area contributed by atoms with Crippen LogP contribution in [0.25, 0.3) is 6.08 Å². The average Bonchev–Trinajstić information content (AvgIpc) is 2.47. The van der Waals surface area contributed by atoms with E-state index < -0.39 is 0 Å². The smallest absolute Gasteiger partial charge is 0.117 e. The largest absolute Gasteiger partial charge is 0.392 e. The van der Waals surface area contributed by atoms with Gasteiger partial charge in [-0.15, -0.1) is 11.3 Å². The average molecular weight is 204 g/mol. The number of halogens is 1. The molecular formula is C8H10ClNOS. The lowest BCUT2D eigenvalue weighted by atomic mass is 10.2. The zero-order valence-electron chi connectivity index (χ0n) is 6.75. The van der Waals surface area contributed by atoms with Gasteiger partial charge in [0.1, 0.15) is 9.34 Å². The molecule has 0 unspecified atom stereocenters. The minimum absolute atomic E-state index is 0.0910. The molecule has 0 aliphatic rings. The first-order chi connectivity index (χ1) is 5.76. The molecule has 1 rings (SSSR count). The molecule has 0 aliphatic carbocycles. The standard InChI is InChI=1S/C8H10ClNOS/c1-2-6(5-11)3-8-10-4-7(9)12-8/h3-4,11H,2,5H2,1H3/b6-3-. The fourth-order valence-electron chi connectivity index (χ4n) is 0.768. The number of thiazole rings is 1. The van der Waals surface area contributed by atoms with Gasteiger partial charge in [0.15, 0.2) is 0 Å². The SMILES string of the molecule is CC/C(=C/c1ncc(Cl)s1)CO. The molecule has 0 spiro atoms. The molecule has 12 heavy (non-hydrogen) atoms. The molecular weight excluding hydrogens is 194 g/mol. The molecule has 0 fully saturated rings. The number of aliphatic hydroxyl groups excluding tert-OH is 1. The van der Waals surface area contributed by atoms with Gasteiger partial charge in [-0.1, -0.05) is 18.5 Å². The normalized spacial score (nSPS) is 12.1. The zero-order chi connectivity index (χ0) is 8.97. The second-order valence-electron chi connectivity index (χ2n) is 2.32. The topological polar surface area (TPSA) is 33.1 Å². The molecule has 66 valence electrons. The summed E-state index contributed by atoms with van der Waals surface area (Å²) in [5.74, 6) is 0. The summed E-state index contributed by atoms with van der Waals surface area (Å²) < 4.78 is 0.676. The molecule has 0 saturated heterocycles. The van der Waals surface area contributed by atoms with Gasteiger partial charge in [0.25, 0.3) is 0 Å². The molecule has 0 amide bonds. The van der Waals surface area contributed by atoms with Crippen molar-refractivity contribution in [1.82, 2.24) is 4.98 Å². The predicted octanol–water partition coefficient (Wildman–Crippen LogP) is 2.58. The van der Waals surface area contributed by atoms with E-state index in [1.165, 1.54) is 11.3 Å². The van der Waals surface area contributed by atoms with Crippen molar-refractivity contribution in [3.8, 4) is 0 Å². The van der Waals surface area contributed by atoms with Gasteiger partial charge < -0.3 is 5.11 Å². The van der Waals surface area contributed by atoms with Gasteiger partial charge in [-0.2, -0.15) is 0 Å². The summed E-state index contributed by atoms with van der Waals surface area (Å²) in [7, 11) is 0. The van der Waals surface area contributed by atoms with Crippen molar-refractivity contribution >= 4 is 29.0 Å². The van der Waals surface area contributed by atoms with Crippen LogP contribution in [-0.2, 0) is 0 Å². The molecule has 1 heterocycles. The van der Waals surface area contributed by atoms with Crippen molar-refractivity contribution in [2.75, 3.05) is 6.61 Å². The fourth-order valence-corrected chi connectivity index (χ4v) is 1.69. The van der Waals surface area contributed by atoms with E-state index in [0.717, 1.165) is 17.0 Å². The van der Waals surface area contributed by atoms with Crippen molar-refractivity contribution < 1.29 is 5.11 Å². The molecule has 0 atom stereocenters. The van der Waals surface area contributed by atoms with Gasteiger partial charge in [-0.25, -0.2) is 4.98 Å². The van der Waals surface area contributed by atoms with Gasteiger partial charge in [-0.3, -0.25) is 0 Å². The van der Waals surface area contributed by atoms with Gasteiger partial charge in [-0.05, 0) is 18.1 Å². The first-order valence-corrected chi connectivity index (χ1v) is 4.87. The number of hydrogen-bond acceptors (Lipinski definition) is 3. The lowest BCUT2D eigenvalue weighted by Crippen LogP contribution is -1.87. The van der Waals surface area contributed by atoms with Gasteiger partial charge in [0.2, 0.25) is 0 Å². The van der Waals surface area contributed by atoms with Crippen molar-refractivity contribution in [2.24, 2.45) is 0 Å². The monoisotopic (exact) mass is 203 g/mol. The molecule has 0 radical (unpaired) electrons. The van der Waals surface area contributed by atoms with Crippen LogP contribution < -0.4 is 0 Å². The Morgan fingerprint density at radius 2 is 2.58 bits per heavy atom. The third kappa shape index (κ3) is 2.59. The second-order valence-corrected chi connectivity index (χ2v) is 4.01. The van der Waals surface area contributed by atoms with Crippen LogP contribution in [0.1, 0.15) is 18.4 Å². The van der Waals surface area contributed by atoms with E-state index in [2.05, 4.69) is 4.98 Å². The van der Waals surface area contributed by atoms with E-state index in [4.69, 9.17) is 16.7 Å². The van der Waals surface area contributed by atoms with E-state index in [1.807, 2.05) is 13.0 Å². The van der Waals surface area contributed by atoms with Crippen LogP contribution in [-0.4, -0.2) is 16.7 Å². The van der Waals surface area contributed by atoms with Crippen molar-refractivity contribution in [3.05, 3.63) is 21.1 Å².